The van der Waals surface area contributed by atoms with Crippen LogP contribution in [0.15, 0.2) is 0 Å². The summed E-state index contributed by atoms with van der Waals surface area (Å²) in [7, 11) is 0. The van der Waals surface area contributed by atoms with E-state index in [2.05, 4.69) is 55.4 Å². The molecule has 0 unspecified atom stereocenters. The molecule has 0 atom stereocenters. The van der Waals surface area contributed by atoms with Gasteiger partial charge in [-0.05, 0) is 0 Å². The zero-order valence-electron chi connectivity index (χ0n) is 14.6. The van der Waals surface area contributed by atoms with Crippen molar-refractivity contribution in [3.63, 3.8) is 0 Å². The number of hydrogen-bond donors (Lipinski definition) is 0. The molecule has 0 amide bonds. The molecule has 3 heteroatoms. The second-order valence-electron chi connectivity index (χ2n) is 7.76. The van der Waals surface area contributed by atoms with E-state index < -0.39 is 13.9 Å². The van der Waals surface area contributed by atoms with Gasteiger partial charge in [-0.3, -0.25) is 0 Å². The van der Waals surface area contributed by atoms with E-state index in [1.807, 2.05) is 0 Å². The van der Waals surface area contributed by atoms with E-state index in [-0.39, 0.29) is 4.25 Å². The van der Waals surface area contributed by atoms with Crippen LogP contribution in [0.1, 0.15) is 74.7 Å². The molecule has 0 bridgehead atoms. The van der Waals surface area contributed by atoms with E-state index in [0.29, 0.717) is 5.41 Å². The van der Waals surface area contributed by atoms with Crippen molar-refractivity contribution in [1.29, 1.82) is 0 Å². The van der Waals surface area contributed by atoms with Crippen molar-refractivity contribution in [3.05, 3.63) is 0 Å². The average Bonchev–Trinajstić information content (AvgIpc) is 2.25. The Bertz CT molecular complexity index is 230. The van der Waals surface area contributed by atoms with Crippen LogP contribution in [0.3, 0.4) is 0 Å². The molecule has 0 aromatic heterocycles. The van der Waals surface area contributed by atoms with Gasteiger partial charge in [-0.2, -0.15) is 0 Å². The molecule has 0 N–H and O–H groups in total. The maximum absolute atomic E-state index is 6.41. The normalized spacial score (nSPS) is 13.9. The van der Waals surface area contributed by atoms with E-state index in [1.165, 1.54) is 6.42 Å². The molecule has 0 saturated carbocycles. The average molecular weight is 333 g/mol. The van der Waals surface area contributed by atoms with Crippen molar-refractivity contribution in [2.45, 2.75) is 84.2 Å². The molecule has 0 fully saturated rings. The number of rotatable bonds is 8. The van der Waals surface area contributed by atoms with Gasteiger partial charge in [0.05, 0.1) is 0 Å². The molecule has 116 valence electrons. The van der Waals surface area contributed by atoms with E-state index in [9.17, 15) is 0 Å². The van der Waals surface area contributed by atoms with Crippen LogP contribution in [0.4, 0.5) is 0 Å². The van der Waals surface area contributed by atoms with Crippen LogP contribution in [-0.2, 0) is 7.53 Å². The Morgan fingerprint density at radius 2 is 1.21 bits per heavy atom. The monoisotopic (exact) mass is 334 g/mol. The third kappa shape index (κ3) is 7.15. The van der Waals surface area contributed by atoms with Gasteiger partial charge in [-0.1, -0.05) is 0 Å². The topological polar surface area (TPSA) is 18.5 Å². The van der Waals surface area contributed by atoms with Crippen LogP contribution in [0, 0.1) is 5.41 Å². The summed E-state index contributed by atoms with van der Waals surface area (Å²) < 4.78 is 13.0. The van der Waals surface area contributed by atoms with Crippen LogP contribution in [-0.4, -0.2) is 27.2 Å². The Labute approximate surface area is 124 Å². The first-order valence-electron chi connectivity index (χ1n) is 7.86. The quantitative estimate of drug-likeness (QED) is 0.545. The summed E-state index contributed by atoms with van der Waals surface area (Å²) in [4.78, 5) is 0. The zero-order chi connectivity index (χ0) is 15.2. The fourth-order valence-corrected chi connectivity index (χ4v) is 10.7. The van der Waals surface area contributed by atoms with Gasteiger partial charge in [-0.15, -0.1) is 0 Å². The summed E-state index contributed by atoms with van der Waals surface area (Å²) >= 11 is -2.74. The first-order valence-corrected chi connectivity index (χ1v) is 12.1. The van der Waals surface area contributed by atoms with E-state index in [1.54, 1.807) is 0 Å². The third-order valence-corrected chi connectivity index (χ3v) is 12.9. The molecule has 0 spiro atoms. The molecule has 2 nitrogen and oxygen atoms in total. The summed E-state index contributed by atoms with van der Waals surface area (Å²) in [6, 6.07) is 0. The molecule has 0 aliphatic heterocycles. The minimum absolute atomic E-state index is 0.176. The molecule has 0 aromatic rings. The molecule has 0 aromatic carbocycles. The van der Waals surface area contributed by atoms with E-state index in [4.69, 9.17) is 7.53 Å². The van der Waals surface area contributed by atoms with Crippen molar-refractivity contribution in [1.82, 2.24) is 0 Å². The molecular formula is C16H36GeO2. The molecule has 0 saturated heterocycles. The Morgan fingerprint density at radius 1 is 0.789 bits per heavy atom. The summed E-state index contributed by atoms with van der Waals surface area (Å²) in [6.45, 7) is 19.9. The second kappa shape index (κ2) is 8.04. The van der Waals surface area contributed by atoms with Crippen LogP contribution in [0.25, 0.3) is 0 Å². The maximum atomic E-state index is 6.41. The van der Waals surface area contributed by atoms with E-state index >= 15 is 0 Å². The summed E-state index contributed by atoms with van der Waals surface area (Å²) in [5, 5.41) is 1.15. The molecule has 0 rings (SSSR count). The van der Waals surface area contributed by atoms with Crippen molar-refractivity contribution in [2.75, 3.05) is 13.2 Å². The van der Waals surface area contributed by atoms with Gasteiger partial charge in [0.25, 0.3) is 0 Å². The van der Waals surface area contributed by atoms with Gasteiger partial charge in [0.2, 0.25) is 0 Å². The summed E-state index contributed by atoms with van der Waals surface area (Å²) in [5.41, 5.74) is 0.354. The van der Waals surface area contributed by atoms with Gasteiger partial charge in [0.1, 0.15) is 0 Å². The standard InChI is InChI=1S/C16H36GeO2/c1-9-13-18-17(16(6,7)8,19-14-10-2)12-11-15(3,4)5/h9-14H2,1-8H3. The van der Waals surface area contributed by atoms with Gasteiger partial charge >= 0.3 is 124 Å². The second-order valence-corrected chi connectivity index (χ2v) is 16.3. The first-order chi connectivity index (χ1) is 8.58. The molecule has 0 aliphatic rings. The fraction of sp³-hybridized carbons (Fsp3) is 1.00. The summed E-state index contributed by atoms with van der Waals surface area (Å²) in [6.07, 6.45) is 3.35. The van der Waals surface area contributed by atoms with Crippen molar-refractivity contribution in [3.8, 4) is 0 Å². The minimum atomic E-state index is -2.74. The Hall–Kier alpha value is 0.463. The Kier molecular flexibility index (Phi) is 8.24. The number of hydrogen-bond acceptors (Lipinski definition) is 2. The van der Waals surface area contributed by atoms with Crippen molar-refractivity contribution < 1.29 is 7.53 Å². The molecule has 0 heterocycles. The third-order valence-electron chi connectivity index (χ3n) is 3.43. The predicted molar refractivity (Wildman–Crippen MR) is 86.8 cm³/mol. The summed E-state index contributed by atoms with van der Waals surface area (Å²) in [5.74, 6) is 0. The SMILES string of the molecule is CCC[O][Ge]([CH2]CC(C)(C)C)([O]CCC)[C](C)(C)C. The van der Waals surface area contributed by atoms with Crippen LogP contribution in [0.5, 0.6) is 0 Å². The molecule has 0 aliphatic carbocycles. The van der Waals surface area contributed by atoms with Crippen LogP contribution < -0.4 is 0 Å². The zero-order valence-corrected chi connectivity index (χ0v) is 16.7. The molecular weight excluding hydrogens is 297 g/mol. The van der Waals surface area contributed by atoms with E-state index in [0.717, 1.165) is 31.3 Å². The Morgan fingerprint density at radius 3 is 1.47 bits per heavy atom. The molecule has 0 radical (unpaired) electrons. The predicted octanol–water partition coefficient (Wildman–Crippen LogP) is 5.52. The molecule has 19 heavy (non-hydrogen) atoms. The Balaban J connectivity index is 5.00. The van der Waals surface area contributed by atoms with Gasteiger partial charge in [-0.25, -0.2) is 0 Å². The van der Waals surface area contributed by atoms with Crippen LogP contribution >= 0.6 is 0 Å². The fourth-order valence-electron chi connectivity index (χ4n) is 2.07. The van der Waals surface area contributed by atoms with Crippen molar-refractivity contribution >= 4 is 13.9 Å². The van der Waals surface area contributed by atoms with Crippen molar-refractivity contribution in [2.24, 2.45) is 5.41 Å². The van der Waals surface area contributed by atoms with Gasteiger partial charge < -0.3 is 0 Å². The van der Waals surface area contributed by atoms with Gasteiger partial charge in [0.15, 0.2) is 0 Å². The first kappa shape index (κ1) is 19.5. The van der Waals surface area contributed by atoms with Crippen LogP contribution in [0.2, 0.25) is 9.50 Å². The van der Waals surface area contributed by atoms with Gasteiger partial charge in [0, 0.05) is 0 Å².